The van der Waals surface area contributed by atoms with Gasteiger partial charge in [-0.05, 0) is 44.4 Å². The van der Waals surface area contributed by atoms with Gasteiger partial charge in [0.2, 0.25) is 0 Å². The van der Waals surface area contributed by atoms with Crippen molar-refractivity contribution in [3.63, 3.8) is 0 Å². The van der Waals surface area contributed by atoms with Crippen molar-refractivity contribution < 1.29 is 4.79 Å². The van der Waals surface area contributed by atoms with Crippen LogP contribution in [0.1, 0.15) is 42.6 Å². The highest BCUT2D eigenvalue weighted by Crippen LogP contribution is 2.27. The number of carbonyl (C=O) groups is 1. The summed E-state index contributed by atoms with van der Waals surface area (Å²) in [6.45, 7) is 7.01. The Morgan fingerprint density at radius 3 is 2.62 bits per heavy atom. The van der Waals surface area contributed by atoms with Crippen LogP contribution in [0.5, 0.6) is 0 Å². The second-order valence-corrected chi connectivity index (χ2v) is 8.17. The molecular weight excluding hydrogens is 386 g/mol. The quantitative estimate of drug-likeness (QED) is 0.577. The maximum Gasteiger partial charge on any atom is 0.177 e. The highest BCUT2D eigenvalue weighted by atomic mass is 35.5. The minimum absolute atomic E-state index is 0.397. The molecule has 1 aliphatic carbocycles. The molecule has 3 aromatic rings. The van der Waals surface area contributed by atoms with Crippen molar-refractivity contribution >= 4 is 29.2 Å². The van der Waals surface area contributed by atoms with Crippen LogP contribution < -0.4 is 10.6 Å². The highest BCUT2D eigenvalue weighted by Gasteiger charge is 2.17. The molecule has 6 nitrogen and oxygen atoms in total. The zero-order valence-electron chi connectivity index (χ0n) is 17.4. The van der Waals surface area contributed by atoms with Crippen LogP contribution in [-0.4, -0.2) is 40.5 Å². The Kier molecular flexibility index (Phi) is 6.87. The van der Waals surface area contributed by atoms with E-state index in [4.69, 9.17) is 11.6 Å². The van der Waals surface area contributed by atoms with Gasteiger partial charge >= 0.3 is 0 Å². The summed E-state index contributed by atoms with van der Waals surface area (Å²) in [5, 5.41) is 11.3. The highest BCUT2D eigenvalue weighted by molar-refractivity contribution is 6.29. The van der Waals surface area contributed by atoms with Gasteiger partial charge in [-0.1, -0.05) is 37.6 Å². The minimum atomic E-state index is 0.397. The molecule has 0 saturated heterocycles. The predicted octanol–water partition coefficient (Wildman–Crippen LogP) is 4.61. The molecule has 2 heterocycles. The maximum atomic E-state index is 11.0. The monoisotopic (exact) mass is 413 g/mol. The molecule has 154 valence electrons. The molecule has 1 aromatic carbocycles. The number of nitrogens with zero attached hydrogens (tertiary/aromatic N) is 3. The van der Waals surface area contributed by atoms with E-state index in [9.17, 15) is 4.79 Å². The zero-order chi connectivity index (χ0) is 21.0. The fraction of sp³-hybridized carbons (Fsp3) is 0.409. The minimum Gasteiger partial charge on any atom is -0.382 e. The number of aldehydes is 1. The Morgan fingerprint density at radius 2 is 2.07 bits per heavy atom. The summed E-state index contributed by atoms with van der Waals surface area (Å²) in [6, 6.07) is 8.33. The lowest BCUT2D eigenvalue weighted by molar-refractivity contribution is 0.112. The van der Waals surface area contributed by atoms with E-state index in [-0.39, 0.29) is 0 Å². The second kappa shape index (κ2) is 9.37. The molecule has 0 unspecified atom stereocenters. The number of nitrogens with one attached hydrogen (secondary N) is 2. The molecule has 0 bridgehead atoms. The predicted molar refractivity (Wildman–Crippen MR) is 119 cm³/mol. The molecule has 7 heteroatoms. The van der Waals surface area contributed by atoms with E-state index in [1.807, 2.05) is 26.1 Å². The van der Waals surface area contributed by atoms with Crippen LogP contribution >= 0.6 is 11.6 Å². The maximum absolute atomic E-state index is 11.0. The molecule has 29 heavy (non-hydrogen) atoms. The Hall–Kier alpha value is -2.44. The summed E-state index contributed by atoms with van der Waals surface area (Å²) in [4.78, 5) is 15.5. The molecule has 0 spiro atoms. The number of imidazole rings is 1. The van der Waals surface area contributed by atoms with Gasteiger partial charge in [-0.15, -0.1) is 0 Å². The number of benzene rings is 1. The zero-order valence-corrected chi connectivity index (χ0v) is 18.1. The van der Waals surface area contributed by atoms with Crippen LogP contribution in [0.2, 0.25) is 5.15 Å². The third-order valence-corrected chi connectivity index (χ3v) is 5.00. The molecule has 0 amide bonds. The van der Waals surface area contributed by atoms with E-state index in [1.165, 1.54) is 12.8 Å². The molecule has 1 fully saturated rings. The van der Waals surface area contributed by atoms with Crippen molar-refractivity contribution in [2.45, 2.75) is 39.7 Å². The molecule has 0 radical (unpaired) electrons. The number of anilines is 1. The van der Waals surface area contributed by atoms with Crippen LogP contribution in [0, 0.1) is 12.8 Å². The standard InChI is InChI=1S/C18H19ClN4O.C4H9N/c1-11(2)8-20-15-7-17(19)22-23-16(9-21-18(15)23)13-4-5-14(10-24)12(3)6-13;1-5-4-2-3-4/h4-7,9-11,20H,8H2,1-3H3;4-5H,2-3H2,1H3. The van der Waals surface area contributed by atoms with E-state index in [0.29, 0.717) is 16.6 Å². The molecule has 0 aliphatic heterocycles. The topological polar surface area (TPSA) is 71.3 Å². The molecule has 0 atom stereocenters. The normalized spacial score (nSPS) is 13.3. The third-order valence-electron chi connectivity index (χ3n) is 4.82. The van der Waals surface area contributed by atoms with E-state index >= 15 is 0 Å². The van der Waals surface area contributed by atoms with Crippen LogP contribution in [0.15, 0.2) is 30.5 Å². The molecule has 1 saturated carbocycles. The number of halogens is 1. The first-order chi connectivity index (χ1) is 13.9. The molecule has 2 aromatic heterocycles. The average molecular weight is 414 g/mol. The Morgan fingerprint density at radius 1 is 1.31 bits per heavy atom. The number of hydrogen-bond acceptors (Lipinski definition) is 5. The van der Waals surface area contributed by atoms with Gasteiger partial charge in [0, 0.05) is 29.8 Å². The molecular formula is C22H28ClN5O. The molecule has 1 aliphatic rings. The molecule has 4 rings (SSSR count). The fourth-order valence-electron chi connectivity index (χ4n) is 2.92. The van der Waals surface area contributed by atoms with E-state index in [1.54, 1.807) is 22.8 Å². The number of aromatic nitrogens is 3. The summed E-state index contributed by atoms with van der Waals surface area (Å²) in [5.41, 5.74) is 4.95. The van der Waals surface area contributed by atoms with Gasteiger partial charge in [0.1, 0.15) is 6.29 Å². The van der Waals surface area contributed by atoms with Gasteiger partial charge in [0.25, 0.3) is 0 Å². The lowest BCUT2D eigenvalue weighted by Gasteiger charge is -2.11. The van der Waals surface area contributed by atoms with Crippen molar-refractivity contribution in [3.05, 3.63) is 46.7 Å². The first kappa shape index (κ1) is 21.3. The second-order valence-electron chi connectivity index (χ2n) is 7.79. The van der Waals surface area contributed by atoms with Crippen molar-refractivity contribution in [3.8, 4) is 11.3 Å². The number of hydrogen-bond donors (Lipinski definition) is 2. The average Bonchev–Trinajstić information content (AvgIpc) is 3.45. The summed E-state index contributed by atoms with van der Waals surface area (Å²) in [6.07, 6.45) is 5.43. The first-order valence-electron chi connectivity index (χ1n) is 9.94. The number of aryl methyl sites for hydroxylation is 1. The SMILES string of the molecule is CNC1CC1.Cc1cc(-c2cnc3c(NCC(C)C)cc(Cl)nn23)ccc1C=O. The van der Waals surface area contributed by atoms with Crippen LogP contribution in [-0.2, 0) is 0 Å². The Labute approximate surface area is 176 Å². The van der Waals surface area contributed by atoms with Gasteiger partial charge in [-0.25, -0.2) is 9.50 Å². The van der Waals surface area contributed by atoms with Gasteiger partial charge in [-0.3, -0.25) is 4.79 Å². The van der Waals surface area contributed by atoms with Crippen molar-refractivity contribution in [2.24, 2.45) is 5.92 Å². The Balaban J connectivity index is 0.000000419. The van der Waals surface area contributed by atoms with Crippen molar-refractivity contribution in [2.75, 3.05) is 18.9 Å². The lowest BCUT2D eigenvalue weighted by Crippen LogP contribution is -2.10. The van der Waals surface area contributed by atoms with Gasteiger partial charge in [0.05, 0.1) is 17.6 Å². The van der Waals surface area contributed by atoms with Crippen LogP contribution in [0.4, 0.5) is 5.69 Å². The summed E-state index contributed by atoms with van der Waals surface area (Å²) in [5.74, 6) is 0.505. The van der Waals surface area contributed by atoms with Crippen molar-refractivity contribution in [1.82, 2.24) is 19.9 Å². The Bertz CT molecular complexity index is 994. The number of rotatable bonds is 6. The number of carbonyl (C=O) groups excluding carboxylic acids is 1. The molecule has 2 N–H and O–H groups in total. The summed E-state index contributed by atoms with van der Waals surface area (Å²) < 4.78 is 1.74. The van der Waals surface area contributed by atoms with Crippen LogP contribution in [0.3, 0.4) is 0 Å². The van der Waals surface area contributed by atoms with E-state index < -0.39 is 0 Å². The van der Waals surface area contributed by atoms with E-state index in [0.717, 1.165) is 47.0 Å². The first-order valence-corrected chi connectivity index (χ1v) is 10.3. The lowest BCUT2D eigenvalue weighted by atomic mass is 10.0. The van der Waals surface area contributed by atoms with Gasteiger partial charge in [-0.2, -0.15) is 5.10 Å². The fourth-order valence-corrected chi connectivity index (χ4v) is 3.10. The summed E-state index contributed by atoms with van der Waals surface area (Å²) >= 11 is 6.19. The number of fused-ring (bicyclic) bond motifs is 1. The summed E-state index contributed by atoms with van der Waals surface area (Å²) in [7, 11) is 2.01. The van der Waals surface area contributed by atoms with Gasteiger partial charge < -0.3 is 10.6 Å². The largest absolute Gasteiger partial charge is 0.382 e. The van der Waals surface area contributed by atoms with Crippen molar-refractivity contribution in [1.29, 1.82) is 0 Å². The van der Waals surface area contributed by atoms with E-state index in [2.05, 4.69) is 34.6 Å². The third kappa shape index (κ3) is 5.34. The van der Waals surface area contributed by atoms with Crippen LogP contribution in [0.25, 0.3) is 16.9 Å². The van der Waals surface area contributed by atoms with Gasteiger partial charge in [0.15, 0.2) is 10.8 Å². The smallest absolute Gasteiger partial charge is 0.177 e.